The Morgan fingerprint density at radius 1 is 1.00 bits per heavy atom. The Kier molecular flexibility index (Phi) is 18.0. The molecule has 1 atom stereocenters. The van der Waals surface area contributed by atoms with E-state index in [1.54, 1.807) is 0 Å². The fourth-order valence-corrected chi connectivity index (χ4v) is 1.41. The van der Waals surface area contributed by atoms with E-state index in [9.17, 15) is 4.79 Å². The van der Waals surface area contributed by atoms with E-state index in [1.807, 2.05) is 6.92 Å². The predicted molar refractivity (Wildman–Crippen MR) is 78.8 cm³/mol. The van der Waals surface area contributed by atoms with Crippen molar-refractivity contribution < 1.29 is 9.90 Å². The third kappa shape index (κ3) is 24.6. The van der Waals surface area contributed by atoms with Crippen LogP contribution in [0.15, 0.2) is 0 Å². The summed E-state index contributed by atoms with van der Waals surface area (Å²) >= 11 is 0. The van der Waals surface area contributed by atoms with Crippen LogP contribution in [0.1, 0.15) is 85.0 Å². The zero-order valence-corrected chi connectivity index (χ0v) is 12.6. The Hall–Kier alpha value is -0.570. The van der Waals surface area contributed by atoms with Crippen LogP contribution in [0.3, 0.4) is 0 Å². The molecule has 3 N–H and O–H groups in total. The largest absolute Gasteiger partial charge is 0.481 e. The van der Waals surface area contributed by atoms with Crippen molar-refractivity contribution >= 4 is 5.97 Å². The Morgan fingerprint density at radius 2 is 1.39 bits per heavy atom. The first-order chi connectivity index (χ1) is 8.54. The summed E-state index contributed by atoms with van der Waals surface area (Å²) in [7, 11) is 0. The van der Waals surface area contributed by atoms with Crippen LogP contribution in [0.2, 0.25) is 0 Å². The van der Waals surface area contributed by atoms with Gasteiger partial charge in [-0.2, -0.15) is 0 Å². The molecule has 0 aromatic rings. The summed E-state index contributed by atoms with van der Waals surface area (Å²) in [5, 5.41) is 8.39. The molecular formula is C15H33NO2. The summed E-state index contributed by atoms with van der Waals surface area (Å²) in [5.41, 5.74) is 5.29. The molecule has 0 aromatic carbocycles. The van der Waals surface area contributed by atoms with Crippen LogP contribution in [-0.4, -0.2) is 17.1 Å². The first-order valence-electron chi connectivity index (χ1n) is 7.51. The van der Waals surface area contributed by atoms with Crippen LogP contribution in [0.5, 0.6) is 0 Å². The lowest BCUT2D eigenvalue weighted by atomic mass is 10.1. The standard InChI is InChI=1S/C11H22O2.C4H11N/c1-2-3-4-5-6-7-8-9-10-11(12)13;1-3-4(2)5/h2-10H2,1H3,(H,12,13);4H,3,5H2,1-2H3. The maximum atomic E-state index is 10.2. The van der Waals surface area contributed by atoms with Gasteiger partial charge in [-0.3, -0.25) is 4.79 Å². The van der Waals surface area contributed by atoms with E-state index in [-0.39, 0.29) is 0 Å². The SMILES string of the molecule is CCC(C)N.CCCCCCCCCCC(=O)O. The van der Waals surface area contributed by atoms with Crippen LogP contribution in [0.4, 0.5) is 0 Å². The van der Waals surface area contributed by atoms with Crippen molar-refractivity contribution in [1.82, 2.24) is 0 Å². The minimum Gasteiger partial charge on any atom is -0.481 e. The van der Waals surface area contributed by atoms with Crippen molar-refractivity contribution in [3.8, 4) is 0 Å². The lowest BCUT2D eigenvalue weighted by Gasteiger charge is -1.99. The van der Waals surface area contributed by atoms with Gasteiger partial charge in [0.25, 0.3) is 0 Å². The molecule has 0 aliphatic carbocycles. The zero-order valence-electron chi connectivity index (χ0n) is 12.6. The number of aliphatic carboxylic acids is 1. The monoisotopic (exact) mass is 259 g/mol. The molecule has 0 spiro atoms. The number of carboxylic acid groups (broad SMARTS) is 1. The van der Waals surface area contributed by atoms with E-state index in [1.165, 1.54) is 38.5 Å². The molecule has 0 radical (unpaired) electrons. The molecule has 0 fully saturated rings. The molecule has 0 heterocycles. The van der Waals surface area contributed by atoms with E-state index in [2.05, 4.69) is 13.8 Å². The molecular weight excluding hydrogens is 226 g/mol. The first-order valence-corrected chi connectivity index (χ1v) is 7.51. The number of rotatable bonds is 10. The van der Waals surface area contributed by atoms with Crippen LogP contribution < -0.4 is 5.73 Å². The second kappa shape index (κ2) is 16.4. The summed E-state index contributed by atoms with van der Waals surface area (Å²) in [5.74, 6) is -0.661. The van der Waals surface area contributed by atoms with E-state index in [0.29, 0.717) is 12.5 Å². The normalized spacial score (nSPS) is 11.6. The van der Waals surface area contributed by atoms with Crippen LogP contribution >= 0.6 is 0 Å². The van der Waals surface area contributed by atoms with Gasteiger partial charge < -0.3 is 10.8 Å². The molecule has 0 aliphatic heterocycles. The van der Waals surface area contributed by atoms with Crippen molar-refractivity contribution in [1.29, 1.82) is 0 Å². The highest BCUT2D eigenvalue weighted by molar-refractivity contribution is 5.66. The lowest BCUT2D eigenvalue weighted by Crippen LogP contribution is -2.11. The van der Waals surface area contributed by atoms with Gasteiger partial charge in [-0.25, -0.2) is 0 Å². The summed E-state index contributed by atoms with van der Waals surface area (Å²) in [6.07, 6.45) is 11.1. The molecule has 0 saturated carbocycles. The van der Waals surface area contributed by atoms with Crippen molar-refractivity contribution in [3.05, 3.63) is 0 Å². The summed E-state index contributed by atoms with van der Waals surface area (Å²) in [6, 6.07) is 0.384. The number of unbranched alkanes of at least 4 members (excludes halogenated alkanes) is 7. The third-order valence-electron chi connectivity index (χ3n) is 2.89. The van der Waals surface area contributed by atoms with Crippen molar-refractivity contribution in [2.75, 3.05) is 0 Å². The van der Waals surface area contributed by atoms with Gasteiger partial charge in [-0.15, -0.1) is 0 Å². The maximum absolute atomic E-state index is 10.2. The average Bonchev–Trinajstić information content (AvgIpc) is 2.33. The van der Waals surface area contributed by atoms with Crippen molar-refractivity contribution in [3.63, 3.8) is 0 Å². The minimum absolute atomic E-state index is 0.342. The Labute approximate surface area is 113 Å². The predicted octanol–water partition coefficient (Wildman–Crippen LogP) is 4.35. The van der Waals surface area contributed by atoms with Gasteiger partial charge in [0.1, 0.15) is 0 Å². The Balaban J connectivity index is 0. The van der Waals surface area contributed by atoms with Crippen LogP contribution in [0, 0.1) is 0 Å². The summed E-state index contributed by atoms with van der Waals surface area (Å²) in [4.78, 5) is 10.2. The van der Waals surface area contributed by atoms with Gasteiger partial charge >= 0.3 is 5.97 Å². The summed E-state index contributed by atoms with van der Waals surface area (Å²) < 4.78 is 0. The topological polar surface area (TPSA) is 63.3 Å². The van der Waals surface area contributed by atoms with E-state index >= 15 is 0 Å². The summed E-state index contributed by atoms with van der Waals surface area (Å²) in [6.45, 7) is 6.29. The molecule has 0 bridgehead atoms. The highest BCUT2D eigenvalue weighted by atomic mass is 16.4. The second-order valence-electron chi connectivity index (χ2n) is 5.00. The van der Waals surface area contributed by atoms with E-state index in [4.69, 9.17) is 10.8 Å². The quantitative estimate of drug-likeness (QED) is 0.573. The maximum Gasteiger partial charge on any atom is 0.303 e. The lowest BCUT2D eigenvalue weighted by molar-refractivity contribution is -0.137. The fourth-order valence-electron chi connectivity index (χ4n) is 1.41. The molecule has 0 aromatic heterocycles. The van der Waals surface area contributed by atoms with Gasteiger partial charge in [-0.1, -0.05) is 58.8 Å². The van der Waals surface area contributed by atoms with Gasteiger partial charge in [0.05, 0.1) is 0 Å². The molecule has 110 valence electrons. The number of hydrogen-bond donors (Lipinski definition) is 2. The zero-order chi connectivity index (χ0) is 14.2. The molecule has 1 unspecified atom stereocenters. The van der Waals surface area contributed by atoms with Crippen LogP contribution in [-0.2, 0) is 4.79 Å². The number of hydrogen-bond acceptors (Lipinski definition) is 2. The minimum atomic E-state index is -0.661. The molecule has 0 aliphatic rings. The van der Waals surface area contributed by atoms with E-state index in [0.717, 1.165) is 19.3 Å². The molecule has 3 nitrogen and oxygen atoms in total. The first kappa shape index (κ1) is 19.8. The molecule has 3 heteroatoms. The molecule has 18 heavy (non-hydrogen) atoms. The second-order valence-corrected chi connectivity index (χ2v) is 5.00. The van der Waals surface area contributed by atoms with E-state index < -0.39 is 5.97 Å². The highest BCUT2D eigenvalue weighted by Crippen LogP contribution is 2.09. The Morgan fingerprint density at radius 3 is 1.72 bits per heavy atom. The van der Waals surface area contributed by atoms with Crippen molar-refractivity contribution in [2.24, 2.45) is 5.73 Å². The van der Waals surface area contributed by atoms with Gasteiger partial charge in [0.15, 0.2) is 0 Å². The smallest absolute Gasteiger partial charge is 0.303 e. The van der Waals surface area contributed by atoms with Crippen molar-refractivity contribution in [2.45, 2.75) is 91.0 Å². The van der Waals surface area contributed by atoms with Gasteiger partial charge in [0, 0.05) is 12.5 Å². The molecule has 0 amide bonds. The van der Waals surface area contributed by atoms with Gasteiger partial charge in [0.2, 0.25) is 0 Å². The molecule has 0 saturated heterocycles. The average molecular weight is 259 g/mol. The number of carboxylic acids is 1. The van der Waals surface area contributed by atoms with Crippen LogP contribution in [0.25, 0.3) is 0 Å². The fraction of sp³-hybridized carbons (Fsp3) is 0.933. The third-order valence-corrected chi connectivity index (χ3v) is 2.89. The van der Waals surface area contributed by atoms with Gasteiger partial charge in [-0.05, 0) is 19.8 Å². The number of carbonyl (C=O) groups is 1. The number of nitrogens with two attached hydrogens (primary N) is 1. The Bertz CT molecular complexity index is 170. The highest BCUT2D eigenvalue weighted by Gasteiger charge is 1.95. The molecule has 0 rings (SSSR count).